The van der Waals surface area contributed by atoms with Gasteiger partial charge in [0.05, 0.1) is 0 Å². The number of nitrogens with zero attached hydrogens (tertiary/aromatic N) is 1. The molecule has 0 aromatic rings. The molecule has 0 spiro atoms. The van der Waals surface area contributed by atoms with Crippen LogP contribution in [0.15, 0.2) is 5.11 Å². The highest BCUT2D eigenvalue weighted by Crippen LogP contribution is 2.30. The van der Waals surface area contributed by atoms with Crippen LogP contribution in [0.5, 0.6) is 0 Å². The first-order valence-electron chi connectivity index (χ1n) is 3.77. The van der Waals surface area contributed by atoms with Crippen LogP contribution in [0.2, 0.25) is 0 Å². The second kappa shape index (κ2) is 3.39. The first kappa shape index (κ1) is 12.0. The van der Waals surface area contributed by atoms with E-state index in [9.17, 15) is 15.0 Å². The minimum Gasteiger partial charge on any atom is -0.479 e. The van der Waals surface area contributed by atoms with E-state index in [2.05, 4.69) is 5.11 Å². The number of carbonyl (C=O) groups is 1. The van der Waals surface area contributed by atoms with E-state index in [1.807, 2.05) is 0 Å². The lowest BCUT2D eigenvalue weighted by molar-refractivity contribution is -0.238. The number of hydrogen-bond acceptors (Lipinski definition) is 5. The Balaban J connectivity index is 5.19. The Bertz CT molecular complexity index is 227. The Kier molecular flexibility index (Phi) is 3.13. The van der Waals surface area contributed by atoms with E-state index in [1.165, 1.54) is 13.8 Å². The minimum atomic E-state index is -2.53. The minimum absolute atomic E-state index is 0.734. The molecule has 6 heteroatoms. The number of carboxylic acids is 1. The number of aliphatic hydroxyl groups is 2. The summed E-state index contributed by atoms with van der Waals surface area (Å²) < 4.78 is 0. The summed E-state index contributed by atoms with van der Waals surface area (Å²) in [5, 5.41) is 30.3. The van der Waals surface area contributed by atoms with Crippen molar-refractivity contribution in [2.45, 2.75) is 32.1 Å². The smallest absolute Gasteiger partial charge is 0.338 e. The molecule has 0 aliphatic rings. The maximum atomic E-state index is 10.7. The summed E-state index contributed by atoms with van der Waals surface area (Å²) in [6.07, 6.45) is 0. The first-order valence-corrected chi connectivity index (χ1v) is 3.77. The van der Waals surface area contributed by atoms with Crippen molar-refractivity contribution in [1.29, 1.82) is 5.53 Å². The summed E-state index contributed by atoms with van der Waals surface area (Å²) in [5.74, 6) is -4.80. The van der Waals surface area contributed by atoms with Gasteiger partial charge < -0.3 is 15.3 Å². The maximum absolute atomic E-state index is 10.7. The lowest BCUT2D eigenvalue weighted by Crippen LogP contribution is -2.59. The zero-order chi connectivity index (χ0) is 10.9. The Morgan fingerprint density at radius 3 is 1.92 bits per heavy atom. The van der Waals surface area contributed by atoms with Crippen LogP contribution in [0, 0.1) is 11.4 Å². The van der Waals surface area contributed by atoms with Crippen LogP contribution in [-0.2, 0) is 4.79 Å². The third-order valence-electron chi connectivity index (χ3n) is 2.16. The molecule has 1 atom stereocenters. The van der Waals surface area contributed by atoms with Crippen LogP contribution in [0.25, 0.3) is 0 Å². The van der Waals surface area contributed by atoms with Gasteiger partial charge in [-0.15, -0.1) is 0 Å². The molecule has 0 aliphatic carbocycles. The van der Waals surface area contributed by atoms with Crippen molar-refractivity contribution in [2.24, 2.45) is 11.0 Å². The van der Waals surface area contributed by atoms with Crippen LogP contribution in [0.3, 0.4) is 0 Å². The fourth-order valence-electron chi connectivity index (χ4n) is 0.850. The molecule has 0 fully saturated rings. The topological polar surface area (TPSA) is 114 Å². The van der Waals surface area contributed by atoms with Gasteiger partial charge in [0.1, 0.15) is 0 Å². The summed E-state index contributed by atoms with van der Waals surface area (Å²) in [4.78, 5) is 10.7. The molecule has 0 unspecified atom stereocenters. The molecular weight excluding hydrogens is 176 g/mol. The molecule has 4 N–H and O–H groups in total. The van der Waals surface area contributed by atoms with Crippen LogP contribution < -0.4 is 0 Å². The molecular formula is C7H14N2O4. The van der Waals surface area contributed by atoms with E-state index >= 15 is 0 Å². The van der Waals surface area contributed by atoms with E-state index in [0.717, 1.165) is 6.92 Å². The van der Waals surface area contributed by atoms with Crippen LogP contribution in [-0.4, -0.2) is 32.6 Å². The van der Waals surface area contributed by atoms with E-state index in [1.54, 1.807) is 0 Å². The predicted molar refractivity (Wildman–Crippen MR) is 43.2 cm³/mol. The molecule has 0 heterocycles. The normalized spacial score (nSPS) is 16.8. The highest BCUT2D eigenvalue weighted by Gasteiger charge is 2.54. The van der Waals surface area contributed by atoms with Crippen LogP contribution in [0.4, 0.5) is 0 Å². The summed E-state index contributed by atoms with van der Waals surface area (Å²) >= 11 is 0. The van der Waals surface area contributed by atoms with Gasteiger partial charge in [0, 0.05) is 5.92 Å². The second-order valence-electron chi connectivity index (χ2n) is 3.37. The van der Waals surface area contributed by atoms with Gasteiger partial charge in [-0.25, -0.2) is 10.3 Å². The predicted octanol–water partition coefficient (Wildman–Crippen LogP) is 0.198. The van der Waals surface area contributed by atoms with Crippen molar-refractivity contribution in [3.05, 3.63) is 0 Å². The Hall–Kier alpha value is -1.01. The first-order chi connectivity index (χ1) is 5.70. The van der Waals surface area contributed by atoms with Crippen molar-refractivity contribution in [1.82, 2.24) is 0 Å². The van der Waals surface area contributed by atoms with E-state index in [4.69, 9.17) is 10.6 Å². The summed E-state index contributed by atoms with van der Waals surface area (Å²) in [7, 11) is 0. The van der Waals surface area contributed by atoms with Crippen molar-refractivity contribution in [3.8, 4) is 0 Å². The lowest BCUT2D eigenvalue weighted by atomic mass is 9.84. The fraction of sp³-hybridized carbons (Fsp3) is 0.857. The molecule has 0 radical (unpaired) electrons. The van der Waals surface area contributed by atoms with Gasteiger partial charge in [-0.2, -0.15) is 5.11 Å². The zero-order valence-electron chi connectivity index (χ0n) is 7.77. The molecule has 76 valence electrons. The highest BCUT2D eigenvalue weighted by molar-refractivity contribution is 5.79. The van der Waals surface area contributed by atoms with Gasteiger partial charge in [0.15, 0.2) is 0 Å². The van der Waals surface area contributed by atoms with E-state index in [0.29, 0.717) is 0 Å². The standard InChI is InChI=1S/C7H14N2O4/c1-4(2)7(12,13)6(3,9-8)5(10)11/h4,8,12-13H,1-3H3,(H,10,11)/t6-/m1/s1. The molecule has 0 aromatic heterocycles. The zero-order valence-corrected chi connectivity index (χ0v) is 7.77. The van der Waals surface area contributed by atoms with Gasteiger partial charge in [-0.3, -0.25) is 0 Å². The Morgan fingerprint density at radius 2 is 1.85 bits per heavy atom. The Labute approximate surface area is 75.7 Å². The number of nitrogens with one attached hydrogen (secondary N) is 1. The number of aliphatic carboxylic acids is 1. The summed E-state index contributed by atoms with van der Waals surface area (Å²) in [6, 6.07) is 0. The van der Waals surface area contributed by atoms with Crippen molar-refractivity contribution in [2.75, 3.05) is 0 Å². The Morgan fingerprint density at radius 1 is 1.46 bits per heavy atom. The summed E-state index contributed by atoms with van der Waals surface area (Å²) in [5.41, 5.74) is 4.44. The van der Waals surface area contributed by atoms with Crippen LogP contribution in [0.1, 0.15) is 20.8 Å². The molecule has 0 aromatic carbocycles. The van der Waals surface area contributed by atoms with Gasteiger partial charge in [-0.1, -0.05) is 13.8 Å². The van der Waals surface area contributed by atoms with Crippen LogP contribution >= 0.6 is 0 Å². The SMILES string of the molecule is CC(C)C(O)(O)[C@](C)(N=N)C(=O)O. The highest BCUT2D eigenvalue weighted by atomic mass is 16.5. The van der Waals surface area contributed by atoms with Gasteiger partial charge in [-0.05, 0) is 6.92 Å². The number of rotatable bonds is 4. The van der Waals surface area contributed by atoms with Crippen molar-refractivity contribution >= 4 is 5.97 Å². The third-order valence-corrected chi connectivity index (χ3v) is 2.16. The van der Waals surface area contributed by atoms with E-state index in [-0.39, 0.29) is 0 Å². The number of hydrogen-bond donors (Lipinski definition) is 4. The molecule has 6 nitrogen and oxygen atoms in total. The van der Waals surface area contributed by atoms with Crippen molar-refractivity contribution in [3.63, 3.8) is 0 Å². The third kappa shape index (κ3) is 1.68. The quantitative estimate of drug-likeness (QED) is 0.374. The average molecular weight is 190 g/mol. The van der Waals surface area contributed by atoms with Gasteiger partial charge in [0.25, 0.3) is 0 Å². The molecule has 0 aliphatic heterocycles. The largest absolute Gasteiger partial charge is 0.479 e. The van der Waals surface area contributed by atoms with Gasteiger partial charge >= 0.3 is 5.97 Å². The molecule has 0 amide bonds. The van der Waals surface area contributed by atoms with Gasteiger partial charge in [0.2, 0.25) is 11.3 Å². The maximum Gasteiger partial charge on any atom is 0.338 e. The monoisotopic (exact) mass is 190 g/mol. The lowest BCUT2D eigenvalue weighted by Gasteiger charge is -2.36. The number of carboxylic acid groups (broad SMARTS) is 1. The van der Waals surface area contributed by atoms with Crippen molar-refractivity contribution < 1.29 is 20.1 Å². The van der Waals surface area contributed by atoms with E-state index < -0.39 is 23.2 Å². The molecule has 0 bridgehead atoms. The summed E-state index contributed by atoms with van der Waals surface area (Å²) in [6.45, 7) is 3.86. The molecule has 0 rings (SSSR count). The molecule has 0 saturated heterocycles. The second-order valence-corrected chi connectivity index (χ2v) is 3.37. The molecule has 0 saturated carbocycles. The fourth-order valence-corrected chi connectivity index (χ4v) is 0.850. The molecule has 13 heavy (non-hydrogen) atoms. The average Bonchev–Trinajstić information content (AvgIpc) is 2.01.